The first-order valence-electron chi connectivity index (χ1n) is 9.34. The maximum atomic E-state index is 3.35. The fourth-order valence-electron chi connectivity index (χ4n) is 3.15. The monoisotopic (exact) mass is 478 g/mol. The Labute approximate surface area is 164 Å². The van der Waals surface area contributed by atoms with Crippen molar-refractivity contribution in [1.29, 1.82) is 0 Å². The molecule has 2 aliphatic rings. The van der Waals surface area contributed by atoms with Crippen LogP contribution in [-0.4, -0.2) is 0 Å². The van der Waals surface area contributed by atoms with E-state index < -0.39 is 0 Å². The molecule has 0 heterocycles. The van der Waals surface area contributed by atoms with Crippen LogP contribution in [0, 0.1) is 12.2 Å². The van der Waals surface area contributed by atoms with Gasteiger partial charge in [-0.25, -0.2) is 22.3 Å². The Morgan fingerprint density at radius 3 is 1.30 bits per heavy atom. The molecule has 0 aromatic heterocycles. The van der Waals surface area contributed by atoms with Crippen molar-refractivity contribution < 1.29 is 25.8 Å². The first-order valence-corrected chi connectivity index (χ1v) is 9.34. The van der Waals surface area contributed by atoms with Gasteiger partial charge in [-0.3, -0.25) is 12.2 Å². The summed E-state index contributed by atoms with van der Waals surface area (Å²) in [7, 11) is 0. The molecule has 1 heteroatoms. The van der Waals surface area contributed by atoms with E-state index in [4.69, 9.17) is 0 Å². The summed E-state index contributed by atoms with van der Waals surface area (Å²) >= 11 is 0. The molecule has 0 saturated carbocycles. The van der Waals surface area contributed by atoms with Gasteiger partial charge in [-0.05, 0) is 0 Å². The predicted molar refractivity (Wildman–Crippen MR) is 98.5 cm³/mol. The van der Waals surface area contributed by atoms with Crippen LogP contribution >= 0.6 is 0 Å². The molecule has 0 spiro atoms. The first-order chi connectivity index (χ1) is 10.8. The summed E-state index contributed by atoms with van der Waals surface area (Å²) in [6.45, 7) is 8.96. The molecule has 2 rings (SSSR count). The van der Waals surface area contributed by atoms with Gasteiger partial charge in [0.25, 0.3) is 0 Å². The fourth-order valence-corrected chi connectivity index (χ4v) is 3.15. The van der Waals surface area contributed by atoms with Gasteiger partial charge in [-0.15, -0.1) is 0 Å². The van der Waals surface area contributed by atoms with E-state index in [1.54, 1.807) is 11.1 Å². The zero-order valence-corrected chi connectivity index (χ0v) is 19.3. The van der Waals surface area contributed by atoms with E-state index in [0.29, 0.717) is 0 Å². The Hall–Kier alpha value is -0.170. The summed E-state index contributed by atoms with van der Waals surface area (Å²) in [5, 5.41) is 0. The molecule has 0 saturated heterocycles. The van der Waals surface area contributed by atoms with E-state index in [2.05, 4.69) is 52.0 Å². The molecule has 0 bridgehead atoms. The molecule has 0 fully saturated rings. The maximum Gasteiger partial charge on any atom is 0 e. The van der Waals surface area contributed by atoms with E-state index in [-0.39, 0.29) is 25.8 Å². The third kappa shape index (κ3) is 8.47. The molecule has 23 heavy (non-hydrogen) atoms. The van der Waals surface area contributed by atoms with Crippen LogP contribution in [0.25, 0.3) is 0 Å². The van der Waals surface area contributed by atoms with Crippen molar-refractivity contribution >= 4 is 0 Å². The Morgan fingerprint density at radius 2 is 1.00 bits per heavy atom. The normalized spacial score (nSPS) is 15.8. The molecule has 2 aliphatic carbocycles. The van der Waals surface area contributed by atoms with Crippen molar-refractivity contribution in [3.63, 3.8) is 0 Å². The van der Waals surface area contributed by atoms with Crippen molar-refractivity contribution in [2.45, 2.75) is 91.9 Å². The minimum absolute atomic E-state index is 0. The quantitative estimate of drug-likeness (QED) is 0.255. The SMILES string of the molecule is CCCC1=C(CCC)CC=[C-]1.CCCC1=C(CCC)CC=[C-]1.[Hf]. The summed E-state index contributed by atoms with van der Waals surface area (Å²) in [6, 6.07) is 0. The van der Waals surface area contributed by atoms with Crippen LogP contribution in [0.5, 0.6) is 0 Å². The summed E-state index contributed by atoms with van der Waals surface area (Å²) in [5.74, 6) is 0. The second-order valence-electron chi connectivity index (χ2n) is 6.27. The molecule has 0 aliphatic heterocycles. The molecular formula is C22H34Hf-2. The van der Waals surface area contributed by atoms with Crippen molar-refractivity contribution in [3.05, 3.63) is 46.6 Å². The Morgan fingerprint density at radius 1 is 0.652 bits per heavy atom. The van der Waals surface area contributed by atoms with E-state index in [1.165, 1.54) is 75.4 Å². The van der Waals surface area contributed by atoms with Gasteiger partial charge in [0.2, 0.25) is 0 Å². The second-order valence-corrected chi connectivity index (χ2v) is 6.27. The number of rotatable bonds is 8. The summed E-state index contributed by atoms with van der Waals surface area (Å²) in [4.78, 5) is 0. The molecule has 0 aromatic rings. The summed E-state index contributed by atoms with van der Waals surface area (Å²) in [6.07, 6.45) is 23.5. The van der Waals surface area contributed by atoms with Gasteiger partial charge in [-0.2, -0.15) is 12.2 Å². The average Bonchev–Trinajstić information content (AvgIpc) is 3.12. The van der Waals surface area contributed by atoms with Crippen molar-refractivity contribution in [2.24, 2.45) is 0 Å². The largest absolute Gasteiger partial charge is 0.253 e. The van der Waals surface area contributed by atoms with Gasteiger partial charge in [0.05, 0.1) is 0 Å². The van der Waals surface area contributed by atoms with Gasteiger partial charge < -0.3 is 0 Å². The number of hydrogen-bond donors (Lipinski definition) is 0. The molecule has 0 atom stereocenters. The topological polar surface area (TPSA) is 0 Å². The Bertz CT molecular complexity index is 393. The van der Waals surface area contributed by atoms with Gasteiger partial charge in [0.1, 0.15) is 0 Å². The molecule has 128 valence electrons. The number of allylic oxidation sites excluding steroid dienone is 8. The Kier molecular flexibility index (Phi) is 14.1. The molecule has 0 amide bonds. The molecule has 0 unspecified atom stereocenters. The van der Waals surface area contributed by atoms with E-state index in [1.807, 2.05) is 0 Å². The summed E-state index contributed by atoms with van der Waals surface area (Å²) < 4.78 is 0. The van der Waals surface area contributed by atoms with Gasteiger partial charge in [-0.1, -0.05) is 91.9 Å². The van der Waals surface area contributed by atoms with E-state index in [9.17, 15) is 0 Å². The third-order valence-electron chi connectivity index (χ3n) is 4.21. The zero-order chi connectivity index (χ0) is 16.2. The summed E-state index contributed by atoms with van der Waals surface area (Å²) in [5.41, 5.74) is 6.26. The van der Waals surface area contributed by atoms with Crippen LogP contribution in [0.4, 0.5) is 0 Å². The van der Waals surface area contributed by atoms with Crippen LogP contribution in [0.1, 0.15) is 91.9 Å². The molecule has 0 nitrogen and oxygen atoms in total. The maximum absolute atomic E-state index is 3.35. The average molecular weight is 477 g/mol. The van der Waals surface area contributed by atoms with Crippen LogP contribution in [-0.2, 0) is 25.8 Å². The van der Waals surface area contributed by atoms with Crippen LogP contribution in [0.3, 0.4) is 0 Å². The fraction of sp³-hybridized carbons (Fsp3) is 0.636. The molecule has 0 N–H and O–H groups in total. The minimum Gasteiger partial charge on any atom is -0.253 e. The molecule has 0 aromatic carbocycles. The second kappa shape index (κ2) is 14.2. The molecule has 0 radical (unpaired) electrons. The van der Waals surface area contributed by atoms with E-state index >= 15 is 0 Å². The minimum atomic E-state index is 0. The number of hydrogen-bond acceptors (Lipinski definition) is 0. The first kappa shape index (κ1) is 22.8. The van der Waals surface area contributed by atoms with Gasteiger partial charge in [0, 0.05) is 25.8 Å². The van der Waals surface area contributed by atoms with Crippen LogP contribution in [0.15, 0.2) is 34.4 Å². The molecular weight excluding hydrogens is 443 g/mol. The van der Waals surface area contributed by atoms with Crippen molar-refractivity contribution in [2.75, 3.05) is 0 Å². The van der Waals surface area contributed by atoms with Crippen LogP contribution < -0.4 is 0 Å². The van der Waals surface area contributed by atoms with Crippen molar-refractivity contribution in [1.82, 2.24) is 0 Å². The Balaban J connectivity index is 0.000000403. The smallest absolute Gasteiger partial charge is 0 e. The standard InChI is InChI=1S/2C11H17.Hf/c2*1-3-6-10-8-5-9-11(10)7-4-2;/h2*5H,3-4,6-8H2,1-2H3;/q2*-1;. The third-order valence-corrected chi connectivity index (χ3v) is 4.21. The van der Waals surface area contributed by atoms with E-state index in [0.717, 1.165) is 0 Å². The van der Waals surface area contributed by atoms with Crippen LogP contribution in [0.2, 0.25) is 0 Å². The predicted octanol–water partition coefficient (Wildman–Crippen LogP) is 7.29. The van der Waals surface area contributed by atoms with Crippen molar-refractivity contribution in [3.8, 4) is 0 Å². The van der Waals surface area contributed by atoms with Gasteiger partial charge >= 0.3 is 0 Å². The van der Waals surface area contributed by atoms with Gasteiger partial charge in [0.15, 0.2) is 0 Å². The zero-order valence-electron chi connectivity index (χ0n) is 15.7.